The number of nitrogens with zero attached hydrogens (tertiary/aromatic N) is 2. The van der Waals surface area contributed by atoms with Crippen molar-refractivity contribution < 1.29 is 4.79 Å². The summed E-state index contributed by atoms with van der Waals surface area (Å²) >= 11 is 1.59. The molecule has 3 aromatic rings. The van der Waals surface area contributed by atoms with Gasteiger partial charge in [-0.05, 0) is 23.6 Å². The van der Waals surface area contributed by atoms with Crippen LogP contribution in [0.3, 0.4) is 0 Å². The minimum atomic E-state index is -0.178. The van der Waals surface area contributed by atoms with Crippen LogP contribution in [0.4, 0.5) is 5.82 Å². The molecule has 0 saturated carbocycles. The maximum absolute atomic E-state index is 11.7. The molecule has 2 heterocycles. The van der Waals surface area contributed by atoms with E-state index < -0.39 is 0 Å². The number of rotatable bonds is 5. The highest BCUT2D eigenvalue weighted by atomic mass is 32.1. The number of anilines is 1. The van der Waals surface area contributed by atoms with Gasteiger partial charge in [-0.25, -0.2) is 9.97 Å². The second kappa shape index (κ2) is 6.90. The summed E-state index contributed by atoms with van der Waals surface area (Å²) in [7, 11) is 0. The molecule has 0 aliphatic carbocycles. The molecule has 6 heteroatoms. The van der Waals surface area contributed by atoms with Gasteiger partial charge in [0.1, 0.15) is 5.82 Å². The first-order valence-electron chi connectivity index (χ1n) is 7.01. The average Bonchev–Trinajstić information content (AvgIpc) is 3.12. The fourth-order valence-electron chi connectivity index (χ4n) is 2.11. The minimum absolute atomic E-state index is 0.103. The molecule has 0 aliphatic heterocycles. The Bertz CT molecular complexity index is 868. The van der Waals surface area contributed by atoms with Gasteiger partial charge in [0.15, 0.2) is 5.82 Å². The summed E-state index contributed by atoms with van der Waals surface area (Å²) in [5.41, 5.74) is 1.79. The normalized spacial score (nSPS) is 10.2. The van der Waals surface area contributed by atoms with Crippen LogP contribution in [-0.4, -0.2) is 29.0 Å². The van der Waals surface area contributed by atoms with Crippen LogP contribution < -0.4 is 10.6 Å². The van der Waals surface area contributed by atoms with E-state index in [0.29, 0.717) is 11.6 Å². The summed E-state index contributed by atoms with van der Waals surface area (Å²) in [6.07, 6.45) is 5.13. The molecule has 1 aromatic carbocycles. The van der Waals surface area contributed by atoms with Crippen molar-refractivity contribution in [3.63, 3.8) is 0 Å². The number of para-hydroxylation sites is 1. The molecule has 0 spiro atoms. The Hall–Kier alpha value is -2.91. The first-order valence-corrected chi connectivity index (χ1v) is 7.95. The molecular formula is C17H14N4OS. The van der Waals surface area contributed by atoms with Crippen molar-refractivity contribution in [1.29, 1.82) is 0 Å². The molecule has 0 saturated heterocycles. The quantitative estimate of drug-likeness (QED) is 0.708. The van der Waals surface area contributed by atoms with E-state index in [0.717, 1.165) is 16.5 Å². The lowest BCUT2D eigenvalue weighted by molar-refractivity contribution is -0.119. The lowest BCUT2D eigenvalue weighted by Crippen LogP contribution is -2.30. The van der Waals surface area contributed by atoms with Crippen LogP contribution >= 0.6 is 11.3 Å². The molecule has 3 rings (SSSR count). The number of hydrogen-bond donors (Lipinski definition) is 2. The molecule has 23 heavy (non-hydrogen) atoms. The lowest BCUT2D eigenvalue weighted by Gasteiger charge is -2.10. The number of terminal acetylenes is 1. The largest absolute Gasteiger partial charge is 0.360 e. The van der Waals surface area contributed by atoms with Crippen LogP contribution in [0.15, 0.2) is 41.1 Å². The molecule has 0 bridgehead atoms. The highest BCUT2D eigenvalue weighted by Gasteiger charge is 2.10. The number of hydrogen-bond acceptors (Lipinski definition) is 5. The number of carbonyl (C=O) groups is 1. The molecule has 1 amide bonds. The summed E-state index contributed by atoms with van der Waals surface area (Å²) in [4.78, 5) is 20.9. The molecule has 0 radical (unpaired) electrons. The smallest absolute Gasteiger partial charge is 0.240 e. The van der Waals surface area contributed by atoms with E-state index in [2.05, 4.69) is 26.5 Å². The topological polar surface area (TPSA) is 66.9 Å². The average molecular weight is 322 g/mol. The van der Waals surface area contributed by atoms with Crippen LogP contribution in [0.1, 0.15) is 0 Å². The van der Waals surface area contributed by atoms with Crippen molar-refractivity contribution in [3.8, 4) is 23.7 Å². The zero-order valence-electron chi connectivity index (χ0n) is 12.2. The Balaban J connectivity index is 1.91. The fourth-order valence-corrected chi connectivity index (χ4v) is 2.74. The summed E-state index contributed by atoms with van der Waals surface area (Å²) in [6.45, 7) is 0.316. The number of nitrogens with one attached hydrogen (secondary N) is 2. The van der Waals surface area contributed by atoms with E-state index in [9.17, 15) is 4.79 Å². The standard InChI is InChI=1S/C17H14N4OS/c1-2-8-18-15(22)10-19-17-13-5-3-4-6-14(13)20-16(21-17)12-7-9-23-11-12/h1,3-7,9,11H,8,10H2,(H,18,22)(H,19,20,21). The Morgan fingerprint density at radius 2 is 2.13 bits per heavy atom. The van der Waals surface area contributed by atoms with Crippen molar-refractivity contribution >= 4 is 34.0 Å². The van der Waals surface area contributed by atoms with Gasteiger partial charge in [-0.3, -0.25) is 4.79 Å². The predicted molar refractivity (Wildman–Crippen MR) is 93.2 cm³/mol. The van der Waals surface area contributed by atoms with Crippen molar-refractivity contribution in [1.82, 2.24) is 15.3 Å². The second-order valence-electron chi connectivity index (χ2n) is 4.76. The van der Waals surface area contributed by atoms with E-state index in [-0.39, 0.29) is 19.0 Å². The molecule has 5 nitrogen and oxygen atoms in total. The summed E-state index contributed by atoms with van der Waals surface area (Å²) in [5, 5.41) is 10.5. The Kier molecular flexibility index (Phi) is 4.50. The highest BCUT2D eigenvalue weighted by Crippen LogP contribution is 2.25. The Labute approximate surface area is 137 Å². The molecule has 0 atom stereocenters. The van der Waals surface area contributed by atoms with Crippen LogP contribution in [0, 0.1) is 12.3 Å². The number of amides is 1. The molecule has 2 aromatic heterocycles. The van der Waals surface area contributed by atoms with Crippen molar-refractivity contribution in [3.05, 3.63) is 41.1 Å². The number of benzene rings is 1. The Morgan fingerprint density at radius 3 is 2.91 bits per heavy atom. The number of aromatic nitrogens is 2. The molecular weight excluding hydrogens is 308 g/mol. The van der Waals surface area contributed by atoms with Gasteiger partial charge < -0.3 is 10.6 Å². The summed E-state index contributed by atoms with van der Waals surface area (Å²) in [5.74, 6) is 3.46. The summed E-state index contributed by atoms with van der Waals surface area (Å²) in [6, 6.07) is 9.67. The molecule has 0 fully saturated rings. The van der Waals surface area contributed by atoms with Crippen molar-refractivity contribution in [2.45, 2.75) is 0 Å². The van der Waals surface area contributed by atoms with Gasteiger partial charge in [0, 0.05) is 16.3 Å². The van der Waals surface area contributed by atoms with E-state index >= 15 is 0 Å². The fraction of sp³-hybridized carbons (Fsp3) is 0.118. The maximum atomic E-state index is 11.7. The maximum Gasteiger partial charge on any atom is 0.240 e. The zero-order valence-corrected chi connectivity index (χ0v) is 13.1. The van der Waals surface area contributed by atoms with E-state index in [1.165, 1.54) is 0 Å². The highest BCUT2D eigenvalue weighted by molar-refractivity contribution is 7.08. The zero-order chi connectivity index (χ0) is 16.1. The van der Waals surface area contributed by atoms with Crippen LogP contribution in [0.25, 0.3) is 22.3 Å². The minimum Gasteiger partial charge on any atom is -0.360 e. The third kappa shape index (κ3) is 3.47. The molecule has 114 valence electrons. The molecule has 0 unspecified atom stereocenters. The SMILES string of the molecule is C#CCNC(=O)CNc1nc(-c2ccsc2)nc2ccccc12. The molecule has 2 N–H and O–H groups in total. The molecule has 0 aliphatic rings. The van der Waals surface area contributed by atoms with Gasteiger partial charge in [0.2, 0.25) is 5.91 Å². The van der Waals surface area contributed by atoms with Gasteiger partial charge in [-0.15, -0.1) is 6.42 Å². The van der Waals surface area contributed by atoms with Gasteiger partial charge >= 0.3 is 0 Å². The van der Waals surface area contributed by atoms with Crippen LogP contribution in [0.2, 0.25) is 0 Å². The number of fused-ring (bicyclic) bond motifs is 1. The van der Waals surface area contributed by atoms with Crippen molar-refractivity contribution in [2.75, 3.05) is 18.4 Å². The first-order chi connectivity index (χ1) is 11.3. The third-order valence-electron chi connectivity index (χ3n) is 3.19. The third-order valence-corrected chi connectivity index (χ3v) is 3.87. The number of thiophene rings is 1. The van der Waals surface area contributed by atoms with Gasteiger partial charge in [-0.1, -0.05) is 18.1 Å². The van der Waals surface area contributed by atoms with Crippen molar-refractivity contribution in [2.24, 2.45) is 0 Å². The monoisotopic (exact) mass is 322 g/mol. The first kappa shape index (κ1) is 15.0. The predicted octanol–water partition coefficient (Wildman–Crippen LogP) is 2.52. The Morgan fingerprint density at radius 1 is 1.26 bits per heavy atom. The van der Waals surface area contributed by atoms with E-state index in [1.54, 1.807) is 11.3 Å². The van der Waals surface area contributed by atoms with Gasteiger partial charge in [0.05, 0.1) is 18.6 Å². The van der Waals surface area contributed by atoms with Gasteiger partial charge in [0.25, 0.3) is 0 Å². The summed E-state index contributed by atoms with van der Waals surface area (Å²) < 4.78 is 0. The van der Waals surface area contributed by atoms with Crippen LogP contribution in [0.5, 0.6) is 0 Å². The second-order valence-corrected chi connectivity index (χ2v) is 5.54. The van der Waals surface area contributed by atoms with E-state index in [4.69, 9.17) is 6.42 Å². The van der Waals surface area contributed by atoms with E-state index in [1.807, 2.05) is 41.1 Å². The number of carbonyl (C=O) groups excluding carboxylic acids is 1. The van der Waals surface area contributed by atoms with Gasteiger partial charge in [-0.2, -0.15) is 11.3 Å². The van der Waals surface area contributed by atoms with Crippen LogP contribution in [-0.2, 0) is 4.79 Å². The lowest BCUT2D eigenvalue weighted by atomic mass is 10.2.